The Morgan fingerprint density at radius 1 is 1.43 bits per heavy atom. The highest BCUT2D eigenvalue weighted by molar-refractivity contribution is 7.09. The maximum atomic E-state index is 5.88. The summed E-state index contributed by atoms with van der Waals surface area (Å²) in [7, 11) is 0. The molecule has 0 fully saturated rings. The lowest BCUT2D eigenvalue weighted by atomic mass is 10.1. The number of nitrogens with zero attached hydrogens (tertiary/aromatic N) is 1. The van der Waals surface area contributed by atoms with E-state index in [9.17, 15) is 0 Å². The maximum Gasteiger partial charge on any atom is 0.0930 e. The quantitative estimate of drug-likeness (QED) is 0.815. The lowest BCUT2D eigenvalue weighted by molar-refractivity contribution is 0.625. The van der Waals surface area contributed by atoms with Crippen molar-refractivity contribution < 1.29 is 0 Å². The largest absolute Gasteiger partial charge is 0.327 e. The minimum Gasteiger partial charge on any atom is -0.327 e. The minimum atomic E-state index is 0.268. The average molecular weight is 212 g/mol. The molecule has 1 aromatic heterocycles. The van der Waals surface area contributed by atoms with E-state index in [4.69, 9.17) is 5.73 Å². The van der Waals surface area contributed by atoms with Gasteiger partial charge in [-0.3, -0.25) is 0 Å². The van der Waals surface area contributed by atoms with E-state index in [-0.39, 0.29) is 6.04 Å². The van der Waals surface area contributed by atoms with Gasteiger partial charge in [0.05, 0.1) is 10.7 Å². The van der Waals surface area contributed by atoms with Gasteiger partial charge in [0.25, 0.3) is 0 Å². The number of rotatable bonds is 5. The Balaban J connectivity index is 2.50. The van der Waals surface area contributed by atoms with E-state index < -0.39 is 0 Å². The Labute approximate surface area is 90.6 Å². The van der Waals surface area contributed by atoms with Crippen LogP contribution in [0.2, 0.25) is 0 Å². The van der Waals surface area contributed by atoms with E-state index >= 15 is 0 Å². The van der Waals surface area contributed by atoms with Gasteiger partial charge in [0.15, 0.2) is 0 Å². The predicted molar refractivity (Wildman–Crippen MR) is 62.6 cm³/mol. The second-order valence-electron chi connectivity index (χ2n) is 4.20. The van der Waals surface area contributed by atoms with Crippen LogP contribution in [0.1, 0.15) is 37.9 Å². The zero-order valence-corrected chi connectivity index (χ0v) is 10.1. The lowest BCUT2D eigenvalue weighted by Gasteiger charge is -2.04. The zero-order chi connectivity index (χ0) is 10.6. The highest BCUT2D eigenvalue weighted by Crippen LogP contribution is 2.15. The van der Waals surface area contributed by atoms with Gasteiger partial charge in [-0.25, -0.2) is 4.98 Å². The molecule has 0 bridgehead atoms. The fourth-order valence-electron chi connectivity index (χ4n) is 1.30. The fraction of sp³-hybridized carbons (Fsp3) is 0.727. The normalized spacial score (nSPS) is 13.5. The number of aromatic nitrogens is 1. The van der Waals surface area contributed by atoms with Crippen molar-refractivity contribution in [1.82, 2.24) is 4.98 Å². The van der Waals surface area contributed by atoms with Crippen molar-refractivity contribution in [2.24, 2.45) is 11.7 Å². The molecular weight excluding hydrogens is 192 g/mol. The Morgan fingerprint density at radius 2 is 2.14 bits per heavy atom. The molecule has 80 valence electrons. The number of hydrogen-bond donors (Lipinski definition) is 1. The van der Waals surface area contributed by atoms with E-state index in [0.717, 1.165) is 19.3 Å². The van der Waals surface area contributed by atoms with Crippen LogP contribution in [0.3, 0.4) is 0 Å². The number of thiazole rings is 1. The molecule has 1 atom stereocenters. The highest BCUT2D eigenvalue weighted by atomic mass is 32.1. The SMILES string of the molecule is CCC(N)Cc1csc(CC(C)C)n1. The molecule has 0 radical (unpaired) electrons. The van der Waals surface area contributed by atoms with E-state index in [2.05, 4.69) is 31.1 Å². The molecule has 2 N–H and O–H groups in total. The van der Waals surface area contributed by atoms with Gasteiger partial charge in [-0.1, -0.05) is 20.8 Å². The predicted octanol–water partition coefficient (Wildman–Crippen LogP) is 2.62. The van der Waals surface area contributed by atoms with Crippen LogP contribution in [-0.4, -0.2) is 11.0 Å². The molecule has 0 spiro atoms. The molecule has 0 aliphatic carbocycles. The van der Waals surface area contributed by atoms with Crippen molar-refractivity contribution >= 4 is 11.3 Å². The summed E-state index contributed by atoms with van der Waals surface area (Å²) in [6.07, 6.45) is 3.04. The highest BCUT2D eigenvalue weighted by Gasteiger charge is 2.07. The van der Waals surface area contributed by atoms with E-state index in [0.29, 0.717) is 5.92 Å². The van der Waals surface area contributed by atoms with Crippen molar-refractivity contribution in [1.29, 1.82) is 0 Å². The summed E-state index contributed by atoms with van der Waals surface area (Å²) in [6.45, 7) is 6.56. The molecule has 0 aromatic carbocycles. The number of nitrogens with two attached hydrogens (primary N) is 1. The fourth-order valence-corrected chi connectivity index (χ4v) is 2.32. The summed E-state index contributed by atoms with van der Waals surface area (Å²) in [5, 5.41) is 3.39. The average Bonchev–Trinajstić information content (AvgIpc) is 2.51. The standard InChI is InChI=1S/C11H20N2S/c1-4-9(12)6-10-7-14-11(13-10)5-8(2)3/h7-9H,4-6,12H2,1-3H3. The molecule has 2 nitrogen and oxygen atoms in total. The third-order valence-corrected chi connectivity index (χ3v) is 3.10. The summed E-state index contributed by atoms with van der Waals surface area (Å²) in [6, 6.07) is 0.268. The molecule has 0 aliphatic heterocycles. The molecule has 0 saturated heterocycles. The Bertz CT molecular complexity index is 268. The topological polar surface area (TPSA) is 38.9 Å². The number of hydrogen-bond acceptors (Lipinski definition) is 3. The van der Waals surface area contributed by atoms with Gasteiger partial charge in [-0.05, 0) is 12.3 Å². The summed E-state index contributed by atoms with van der Waals surface area (Å²) < 4.78 is 0. The minimum absolute atomic E-state index is 0.268. The Hall–Kier alpha value is -0.410. The Morgan fingerprint density at radius 3 is 2.71 bits per heavy atom. The molecular formula is C11H20N2S. The molecule has 0 amide bonds. The van der Waals surface area contributed by atoms with Crippen molar-refractivity contribution in [2.75, 3.05) is 0 Å². The monoisotopic (exact) mass is 212 g/mol. The third-order valence-electron chi connectivity index (χ3n) is 2.18. The van der Waals surface area contributed by atoms with Crippen LogP contribution in [0.25, 0.3) is 0 Å². The smallest absolute Gasteiger partial charge is 0.0930 e. The van der Waals surface area contributed by atoms with Gasteiger partial charge in [0.1, 0.15) is 0 Å². The molecule has 1 unspecified atom stereocenters. The molecule has 1 aromatic rings. The summed E-state index contributed by atoms with van der Waals surface area (Å²) in [5.74, 6) is 0.689. The Kier molecular flexibility index (Phi) is 4.55. The van der Waals surface area contributed by atoms with Crippen LogP contribution in [0, 0.1) is 5.92 Å². The molecule has 14 heavy (non-hydrogen) atoms. The van der Waals surface area contributed by atoms with Gasteiger partial charge in [-0.2, -0.15) is 0 Å². The summed E-state index contributed by atoms with van der Waals surface area (Å²) in [4.78, 5) is 4.58. The van der Waals surface area contributed by atoms with Crippen LogP contribution < -0.4 is 5.73 Å². The molecule has 3 heteroatoms. The second-order valence-corrected chi connectivity index (χ2v) is 5.15. The van der Waals surface area contributed by atoms with Crippen LogP contribution in [0.5, 0.6) is 0 Å². The first-order chi connectivity index (χ1) is 6.61. The molecule has 1 heterocycles. The first-order valence-electron chi connectivity index (χ1n) is 5.30. The molecule has 0 aliphatic rings. The van der Waals surface area contributed by atoms with Crippen molar-refractivity contribution in [3.05, 3.63) is 16.1 Å². The van der Waals surface area contributed by atoms with Gasteiger partial charge in [0, 0.05) is 24.3 Å². The van der Waals surface area contributed by atoms with E-state index in [1.54, 1.807) is 11.3 Å². The zero-order valence-electron chi connectivity index (χ0n) is 9.29. The van der Waals surface area contributed by atoms with Crippen molar-refractivity contribution in [2.45, 2.75) is 46.1 Å². The van der Waals surface area contributed by atoms with Crippen LogP contribution >= 0.6 is 11.3 Å². The summed E-state index contributed by atoms with van der Waals surface area (Å²) in [5.41, 5.74) is 7.05. The van der Waals surface area contributed by atoms with Crippen LogP contribution in [0.4, 0.5) is 0 Å². The first-order valence-corrected chi connectivity index (χ1v) is 6.18. The van der Waals surface area contributed by atoms with Crippen molar-refractivity contribution in [3.8, 4) is 0 Å². The first kappa shape index (κ1) is 11.7. The summed E-state index contributed by atoms with van der Waals surface area (Å²) >= 11 is 1.76. The maximum absolute atomic E-state index is 5.88. The third kappa shape index (κ3) is 3.76. The van der Waals surface area contributed by atoms with Gasteiger partial charge in [-0.15, -0.1) is 11.3 Å². The van der Waals surface area contributed by atoms with Crippen molar-refractivity contribution in [3.63, 3.8) is 0 Å². The second kappa shape index (κ2) is 5.47. The van der Waals surface area contributed by atoms with Gasteiger partial charge < -0.3 is 5.73 Å². The molecule has 1 rings (SSSR count). The van der Waals surface area contributed by atoms with Crippen LogP contribution in [-0.2, 0) is 12.8 Å². The molecule has 0 saturated carbocycles. The van der Waals surface area contributed by atoms with Crippen LogP contribution in [0.15, 0.2) is 5.38 Å². The van der Waals surface area contributed by atoms with E-state index in [1.807, 2.05) is 0 Å². The lowest BCUT2D eigenvalue weighted by Crippen LogP contribution is -2.21. The van der Waals surface area contributed by atoms with Gasteiger partial charge >= 0.3 is 0 Å². The van der Waals surface area contributed by atoms with E-state index in [1.165, 1.54) is 10.7 Å². The van der Waals surface area contributed by atoms with Gasteiger partial charge in [0.2, 0.25) is 0 Å².